The molecule has 0 spiro atoms. The minimum absolute atomic E-state index is 0.0675. The van der Waals surface area contributed by atoms with Crippen molar-refractivity contribution in [2.45, 2.75) is 24.8 Å². The average molecular weight is 368 g/mol. The summed E-state index contributed by atoms with van der Waals surface area (Å²) in [6, 6.07) is 5.49. The molecule has 0 aliphatic carbocycles. The molecule has 3 aliphatic heterocycles. The topological polar surface area (TPSA) is 85.3 Å². The van der Waals surface area contributed by atoms with E-state index in [1.54, 1.807) is 0 Å². The van der Waals surface area contributed by atoms with Gasteiger partial charge in [0.15, 0.2) is 26.5 Å². The van der Waals surface area contributed by atoms with E-state index in [2.05, 4.69) is 4.99 Å². The van der Waals surface area contributed by atoms with Crippen molar-refractivity contribution in [3.05, 3.63) is 23.8 Å². The maximum Gasteiger partial charge on any atom is 0.244 e. The molecule has 7 nitrogen and oxygen atoms in total. The highest BCUT2D eigenvalue weighted by molar-refractivity contribution is 8.15. The van der Waals surface area contributed by atoms with Crippen molar-refractivity contribution in [1.29, 1.82) is 0 Å². The molecule has 3 aliphatic rings. The number of nitrogens with zero attached hydrogens (tertiary/aromatic N) is 2. The summed E-state index contributed by atoms with van der Waals surface area (Å²) in [5.74, 6) is 1.34. The van der Waals surface area contributed by atoms with Crippen LogP contribution in [0.25, 0.3) is 0 Å². The van der Waals surface area contributed by atoms with Gasteiger partial charge in [0.25, 0.3) is 0 Å². The van der Waals surface area contributed by atoms with Crippen molar-refractivity contribution in [3.8, 4) is 11.5 Å². The summed E-state index contributed by atoms with van der Waals surface area (Å²) in [5.41, 5.74) is 0.959. The molecule has 0 bridgehead atoms. The smallest absolute Gasteiger partial charge is 0.244 e. The summed E-state index contributed by atoms with van der Waals surface area (Å²) in [7, 11) is -3.04. The van der Waals surface area contributed by atoms with E-state index in [-0.39, 0.29) is 35.5 Å². The summed E-state index contributed by atoms with van der Waals surface area (Å²) in [5, 5.41) is 0.534. The maximum atomic E-state index is 11.9. The Kier molecular flexibility index (Phi) is 3.72. The lowest BCUT2D eigenvalue weighted by Gasteiger charge is -2.24. The Morgan fingerprint density at radius 3 is 2.92 bits per heavy atom. The highest BCUT2D eigenvalue weighted by Gasteiger charge is 2.48. The van der Waals surface area contributed by atoms with E-state index in [1.165, 1.54) is 18.7 Å². The van der Waals surface area contributed by atoms with Crippen LogP contribution in [0.15, 0.2) is 23.2 Å². The largest absolute Gasteiger partial charge is 0.454 e. The summed E-state index contributed by atoms with van der Waals surface area (Å²) in [6.45, 7) is 2.09. The van der Waals surface area contributed by atoms with Gasteiger partial charge in [-0.15, -0.1) is 0 Å². The number of ether oxygens (including phenoxy) is 2. The fourth-order valence-electron chi connectivity index (χ4n) is 3.19. The molecular weight excluding hydrogens is 352 g/mol. The van der Waals surface area contributed by atoms with Gasteiger partial charge in [-0.05, 0) is 17.7 Å². The first kappa shape index (κ1) is 15.8. The number of benzene rings is 1. The first-order chi connectivity index (χ1) is 11.4. The molecule has 0 N–H and O–H groups in total. The third kappa shape index (κ3) is 2.86. The molecule has 9 heteroatoms. The normalized spacial score (nSPS) is 28.4. The molecule has 24 heavy (non-hydrogen) atoms. The standard InChI is InChI=1S/C15H16N2O5S2/c1-9(18)16-15-17(11-6-24(19,20)7-14(11)23-15)5-10-2-3-12-13(4-10)22-8-21-12/h2-4,11,14H,5-8H2,1H3/t11-,14+/m0/s1. The Morgan fingerprint density at radius 1 is 1.33 bits per heavy atom. The third-order valence-corrected chi connectivity index (χ3v) is 7.47. The molecule has 3 heterocycles. The van der Waals surface area contributed by atoms with Gasteiger partial charge >= 0.3 is 0 Å². The molecule has 128 valence electrons. The van der Waals surface area contributed by atoms with Crippen LogP contribution < -0.4 is 9.47 Å². The zero-order valence-electron chi connectivity index (χ0n) is 13.0. The quantitative estimate of drug-likeness (QED) is 0.771. The van der Waals surface area contributed by atoms with Crippen molar-refractivity contribution < 1.29 is 22.7 Å². The average Bonchev–Trinajstić information content (AvgIpc) is 3.13. The lowest BCUT2D eigenvalue weighted by molar-refractivity contribution is -0.115. The number of aliphatic imine (C=N–C) groups is 1. The Morgan fingerprint density at radius 2 is 2.12 bits per heavy atom. The zero-order valence-corrected chi connectivity index (χ0v) is 14.6. The zero-order chi connectivity index (χ0) is 16.9. The molecule has 4 rings (SSSR count). The highest BCUT2D eigenvalue weighted by atomic mass is 32.2. The summed E-state index contributed by atoms with van der Waals surface area (Å²) in [6.07, 6.45) is 0. The lowest BCUT2D eigenvalue weighted by Crippen LogP contribution is -2.37. The van der Waals surface area contributed by atoms with Gasteiger partial charge in [0.1, 0.15) is 0 Å². The number of fused-ring (bicyclic) bond motifs is 2. The van der Waals surface area contributed by atoms with E-state index in [0.29, 0.717) is 23.2 Å². The molecule has 1 aromatic rings. The van der Waals surface area contributed by atoms with Crippen LogP contribution in [0.3, 0.4) is 0 Å². The van der Waals surface area contributed by atoms with Gasteiger partial charge in [0.05, 0.1) is 17.5 Å². The second kappa shape index (κ2) is 5.66. The van der Waals surface area contributed by atoms with Crippen molar-refractivity contribution >= 4 is 32.7 Å². The van der Waals surface area contributed by atoms with Crippen LogP contribution in [0.2, 0.25) is 0 Å². The fraction of sp³-hybridized carbons (Fsp3) is 0.467. The van der Waals surface area contributed by atoms with E-state index in [9.17, 15) is 13.2 Å². The number of hydrogen-bond donors (Lipinski definition) is 0. The molecule has 0 radical (unpaired) electrons. The molecule has 0 saturated carbocycles. The van der Waals surface area contributed by atoms with Crippen LogP contribution in [0.1, 0.15) is 12.5 Å². The Hall–Kier alpha value is -1.74. The first-order valence-electron chi connectivity index (χ1n) is 7.53. The monoisotopic (exact) mass is 368 g/mol. The Labute approximate surface area is 143 Å². The summed E-state index contributed by atoms with van der Waals surface area (Å²) < 4.78 is 34.6. The molecule has 2 saturated heterocycles. The second-order valence-corrected chi connectivity index (χ2v) is 9.39. The van der Waals surface area contributed by atoms with E-state index in [0.717, 1.165) is 5.56 Å². The van der Waals surface area contributed by atoms with Crippen LogP contribution in [0, 0.1) is 0 Å². The van der Waals surface area contributed by atoms with Crippen LogP contribution in [0.4, 0.5) is 0 Å². The molecule has 1 aromatic carbocycles. The number of amides is 1. The van der Waals surface area contributed by atoms with Gasteiger partial charge < -0.3 is 14.4 Å². The van der Waals surface area contributed by atoms with Crippen LogP contribution >= 0.6 is 11.8 Å². The number of amidine groups is 1. The second-order valence-electron chi connectivity index (χ2n) is 6.03. The molecule has 2 atom stereocenters. The van der Waals surface area contributed by atoms with Crippen LogP contribution in [-0.4, -0.2) is 54.0 Å². The van der Waals surface area contributed by atoms with Gasteiger partial charge in [-0.2, -0.15) is 4.99 Å². The van der Waals surface area contributed by atoms with Crippen molar-refractivity contribution in [3.63, 3.8) is 0 Å². The molecule has 2 fully saturated rings. The van der Waals surface area contributed by atoms with E-state index < -0.39 is 9.84 Å². The van der Waals surface area contributed by atoms with E-state index in [4.69, 9.17) is 9.47 Å². The SMILES string of the molecule is CC(=O)N=C1S[C@@H]2CS(=O)(=O)C[C@@H]2N1Cc1ccc2c(c1)OCO2. The number of sulfone groups is 1. The fourth-order valence-corrected chi connectivity index (χ4v) is 7.19. The predicted octanol–water partition coefficient (Wildman–Crippen LogP) is 1.03. The predicted molar refractivity (Wildman–Crippen MR) is 90.0 cm³/mol. The van der Waals surface area contributed by atoms with Crippen molar-refractivity contribution in [2.24, 2.45) is 4.99 Å². The number of carbonyl (C=O) groups is 1. The summed E-state index contributed by atoms with van der Waals surface area (Å²) in [4.78, 5) is 17.4. The van der Waals surface area contributed by atoms with Crippen molar-refractivity contribution in [1.82, 2.24) is 4.90 Å². The molecule has 0 unspecified atom stereocenters. The minimum Gasteiger partial charge on any atom is -0.454 e. The van der Waals surface area contributed by atoms with Crippen molar-refractivity contribution in [2.75, 3.05) is 18.3 Å². The van der Waals surface area contributed by atoms with Crippen LogP contribution in [-0.2, 0) is 21.2 Å². The Bertz CT molecular complexity index is 836. The number of hydrogen-bond acceptors (Lipinski definition) is 6. The van der Waals surface area contributed by atoms with Gasteiger partial charge in [0, 0.05) is 18.7 Å². The van der Waals surface area contributed by atoms with E-state index >= 15 is 0 Å². The molecular formula is C15H16N2O5S2. The first-order valence-corrected chi connectivity index (χ1v) is 10.2. The highest BCUT2D eigenvalue weighted by Crippen LogP contribution is 2.40. The van der Waals surface area contributed by atoms with Crippen LogP contribution in [0.5, 0.6) is 11.5 Å². The molecule has 0 aromatic heterocycles. The van der Waals surface area contributed by atoms with Gasteiger partial charge in [0.2, 0.25) is 12.7 Å². The lowest BCUT2D eigenvalue weighted by atomic mass is 10.1. The molecule has 1 amide bonds. The number of rotatable bonds is 2. The van der Waals surface area contributed by atoms with Gasteiger partial charge in [-0.25, -0.2) is 8.42 Å². The minimum atomic E-state index is -3.04. The van der Waals surface area contributed by atoms with E-state index in [1.807, 2.05) is 23.1 Å². The number of carbonyl (C=O) groups excluding carboxylic acids is 1. The Balaban J connectivity index is 1.63. The van der Waals surface area contributed by atoms with Gasteiger partial charge in [-0.1, -0.05) is 17.8 Å². The number of thioether (sulfide) groups is 1. The maximum absolute atomic E-state index is 11.9. The van der Waals surface area contributed by atoms with Gasteiger partial charge in [-0.3, -0.25) is 4.79 Å². The summed E-state index contributed by atoms with van der Waals surface area (Å²) >= 11 is 1.38. The third-order valence-electron chi connectivity index (χ3n) is 4.22.